The minimum Gasteiger partial charge on any atom is -0.490 e. The molecule has 0 fully saturated rings. The van der Waals surface area contributed by atoms with Gasteiger partial charge >= 0.3 is 0 Å². The maximum Gasteiger partial charge on any atom is 0.163 e. The molecule has 1 atom stereocenters. The Hall–Kier alpha value is -1.42. The van der Waals surface area contributed by atoms with Crippen molar-refractivity contribution in [3.8, 4) is 11.5 Å². The summed E-state index contributed by atoms with van der Waals surface area (Å²) in [5.41, 5.74) is 6.90. The van der Waals surface area contributed by atoms with Crippen LogP contribution in [0.25, 0.3) is 0 Å². The molecule has 0 aliphatic carbocycles. The average molecular weight is 236 g/mol. The van der Waals surface area contributed by atoms with Gasteiger partial charge in [-0.25, -0.2) is 0 Å². The Morgan fingerprint density at radius 2 is 2.00 bits per heavy atom. The van der Waals surface area contributed by atoms with Gasteiger partial charge in [0.15, 0.2) is 11.5 Å². The summed E-state index contributed by atoms with van der Waals surface area (Å²) in [6, 6.07) is 6.17. The van der Waals surface area contributed by atoms with Crippen LogP contribution in [0, 0.1) is 0 Å². The monoisotopic (exact) mass is 236 g/mol. The highest BCUT2D eigenvalue weighted by Crippen LogP contribution is 2.33. The predicted molar refractivity (Wildman–Crippen MR) is 69.0 cm³/mol. The van der Waals surface area contributed by atoms with Gasteiger partial charge in [0.05, 0.1) is 13.2 Å². The summed E-state index contributed by atoms with van der Waals surface area (Å²) >= 11 is 0. The van der Waals surface area contributed by atoms with E-state index in [1.54, 1.807) is 0 Å². The molecule has 1 unspecified atom stereocenters. The number of anilines is 1. The van der Waals surface area contributed by atoms with Gasteiger partial charge in [0.1, 0.15) is 0 Å². The predicted octanol–water partition coefficient (Wildman–Crippen LogP) is 1.63. The molecule has 0 amide bonds. The van der Waals surface area contributed by atoms with E-state index in [1.165, 1.54) is 0 Å². The zero-order chi connectivity index (χ0) is 12.3. The highest BCUT2D eigenvalue weighted by molar-refractivity contribution is 5.56. The van der Waals surface area contributed by atoms with Crippen molar-refractivity contribution in [2.24, 2.45) is 5.73 Å². The molecule has 4 heteroatoms. The van der Waals surface area contributed by atoms with Crippen molar-refractivity contribution in [2.75, 3.05) is 31.7 Å². The summed E-state index contributed by atoms with van der Waals surface area (Å²) in [7, 11) is 2.03. The Balaban J connectivity index is 2.17. The van der Waals surface area contributed by atoms with Crippen LogP contribution in [-0.2, 0) is 0 Å². The van der Waals surface area contributed by atoms with Crippen LogP contribution in [0.1, 0.15) is 13.3 Å². The van der Waals surface area contributed by atoms with Gasteiger partial charge in [0.2, 0.25) is 0 Å². The van der Waals surface area contributed by atoms with Crippen LogP contribution in [0.4, 0.5) is 5.69 Å². The van der Waals surface area contributed by atoms with Gasteiger partial charge in [0, 0.05) is 37.8 Å². The fourth-order valence-electron chi connectivity index (χ4n) is 1.93. The first-order valence-corrected chi connectivity index (χ1v) is 6.03. The third kappa shape index (κ3) is 3.03. The van der Waals surface area contributed by atoms with Gasteiger partial charge in [-0.1, -0.05) is 0 Å². The van der Waals surface area contributed by atoms with Crippen LogP contribution in [0.5, 0.6) is 11.5 Å². The van der Waals surface area contributed by atoms with E-state index in [0.29, 0.717) is 6.61 Å². The summed E-state index contributed by atoms with van der Waals surface area (Å²) in [4.78, 5) is 2.12. The van der Waals surface area contributed by atoms with Gasteiger partial charge in [-0.3, -0.25) is 0 Å². The standard InChI is InChI=1S/C13H20N2O2/c1-10(14)9-15(2)11-4-5-12-13(8-11)17-7-3-6-16-12/h4-5,8,10H,3,6-7,9,14H2,1-2H3. The van der Waals surface area contributed by atoms with Crippen LogP contribution in [-0.4, -0.2) is 32.8 Å². The second kappa shape index (κ2) is 5.27. The highest BCUT2D eigenvalue weighted by Gasteiger charge is 2.12. The van der Waals surface area contributed by atoms with Crippen molar-refractivity contribution in [3.05, 3.63) is 18.2 Å². The number of ether oxygens (including phenoxy) is 2. The molecule has 0 radical (unpaired) electrons. The minimum atomic E-state index is 0.149. The van der Waals surface area contributed by atoms with Crippen LogP contribution >= 0.6 is 0 Å². The number of rotatable bonds is 3. The number of likely N-dealkylation sites (N-methyl/N-ethyl adjacent to an activating group) is 1. The molecule has 1 aliphatic heterocycles. The lowest BCUT2D eigenvalue weighted by Crippen LogP contribution is -2.32. The lowest BCUT2D eigenvalue weighted by molar-refractivity contribution is 0.297. The molecule has 1 aromatic rings. The van der Waals surface area contributed by atoms with Crippen molar-refractivity contribution in [2.45, 2.75) is 19.4 Å². The van der Waals surface area contributed by atoms with Crippen molar-refractivity contribution in [1.82, 2.24) is 0 Å². The topological polar surface area (TPSA) is 47.7 Å². The summed E-state index contributed by atoms with van der Waals surface area (Å²) in [6.07, 6.45) is 0.930. The molecule has 1 aromatic carbocycles. The maximum atomic E-state index is 5.80. The lowest BCUT2D eigenvalue weighted by atomic mass is 10.2. The number of benzene rings is 1. The van der Waals surface area contributed by atoms with Gasteiger partial charge in [-0.2, -0.15) is 0 Å². The first-order valence-electron chi connectivity index (χ1n) is 6.03. The van der Waals surface area contributed by atoms with Crippen molar-refractivity contribution < 1.29 is 9.47 Å². The molecule has 0 saturated heterocycles. The fraction of sp³-hybridized carbons (Fsp3) is 0.538. The number of nitrogens with zero attached hydrogens (tertiary/aromatic N) is 1. The van der Waals surface area contributed by atoms with Gasteiger partial charge in [0.25, 0.3) is 0 Å². The van der Waals surface area contributed by atoms with Gasteiger partial charge in [-0.05, 0) is 19.1 Å². The molecular formula is C13H20N2O2. The van der Waals surface area contributed by atoms with E-state index in [4.69, 9.17) is 15.2 Å². The smallest absolute Gasteiger partial charge is 0.163 e. The van der Waals surface area contributed by atoms with E-state index < -0.39 is 0 Å². The number of hydrogen-bond donors (Lipinski definition) is 1. The second-order valence-corrected chi connectivity index (χ2v) is 4.54. The molecule has 94 valence electrons. The van der Waals surface area contributed by atoms with E-state index in [-0.39, 0.29) is 6.04 Å². The van der Waals surface area contributed by atoms with E-state index >= 15 is 0 Å². The van der Waals surface area contributed by atoms with Crippen molar-refractivity contribution in [3.63, 3.8) is 0 Å². The second-order valence-electron chi connectivity index (χ2n) is 4.54. The van der Waals surface area contributed by atoms with E-state index in [1.807, 2.05) is 32.2 Å². The van der Waals surface area contributed by atoms with Crippen LogP contribution in [0.3, 0.4) is 0 Å². The highest BCUT2D eigenvalue weighted by atomic mass is 16.5. The lowest BCUT2D eigenvalue weighted by Gasteiger charge is -2.22. The molecule has 2 N–H and O–H groups in total. The van der Waals surface area contributed by atoms with Crippen molar-refractivity contribution >= 4 is 5.69 Å². The Bertz CT molecular complexity index is 380. The van der Waals surface area contributed by atoms with E-state index in [9.17, 15) is 0 Å². The van der Waals surface area contributed by atoms with E-state index in [2.05, 4.69) is 4.90 Å². The first kappa shape index (κ1) is 12.0. The number of nitrogens with two attached hydrogens (primary N) is 1. The molecule has 1 heterocycles. The summed E-state index contributed by atoms with van der Waals surface area (Å²) in [5.74, 6) is 1.66. The normalized spacial score (nSPS) is 16.2. The Labute approximate surface area is 102 Å². The van der Waals surface area contributed by atoms with Gasteiger partial charge < -0.3 is 20.1 Å². The zero-order valence-corrected chi connectivity index (χ0v) is 10.5. The summed E-state index contributed by atoms with van der Waals surface area (Å²) in [6.45, 7) is 4.26. The van der Waals surface area contributed by atoms with Crippen LogP contribution < -0.4 is 20.1 Å². The number of hydrogen-bond acceptors (Lipinski definition) is 4. The molecule has 0 aromatic heterocycles. The SMILES string of the molecule is CC(N)CN(C)c1ccc2c(c1)OCCCO2. The largest absolute Gasteiger partial charge is 0.490 e. The third-order valence-electron chi connectivity index (χ3n) is 2.73. The molecule has 4 nitrogen and oxygen atoms in total. The summed E-state index contributed by atoms with van der Waals surface area (Å²) in [5, 5.41) is 0. The van der Waals surface area contributed by atoms with Crippen LogP contribution in [0.2, 0.25) is 0 Å². The molecular weight excluding hydrogens is 216 g/mol. The Morgan fingerprint density at radius 1 is 1.29 bits per heavy atom. The Kier molecular flexibility index (Phi) is 3.74. The average Bonchev–Trinajstić information content (AvgIpc) is 2.51. The summed E-state index contributed by atoms with van der Waals surface area (Å²) < 4.78 is 11.3. The molecule has 0 spiro atoms. The molecule has 0 saturated carbocycles. The number of fused-ring (bicyclic) bond motifs is 1. The minimum absolute atomic E-state index is 0.149. The Morgan fingerprint density at radius 3 is 2.71 bits per heavy atom. The van der Waals surface area contributed by atoms with Crippen molar-refractivity contribution in [1.29, 1.82) is 0 Å². The molecule has 17 heavy (non-hydrogen) atoms. The quantitative estimate of drug-likeness (QED) is 0.866. The fourth-order valence-corrected chi connectivity index (χ4v) is 1.93. The first-order chi connectivity index (χ1) is 8.16. The molecule has 2 rings (SSSR count). The third-order valence-corrected chi connectivity index (χ3v) is 2.73. The van der Waals surface area contributed by atoms with Crippen LogP contribution in [0.15, 0.2) is 18.2 Å². The molecule has 0 bridgehead atoms. The molecule has 1 aliphatic rings. The maximum absolute atomic E-state index is 5.80. The van der Waals surface area contributed by atoms with E-state index in [0.717, 1.165) is 36.8 Å². The zero-order valence-electron chi connectivity index (χ0n) is 10.5. The van der Waals surface area contributed by atoms with Gasteiger partial charge in [-0.15, -0.1) is 0 Å².